The second-order valence-electron chi connectivity index (χ2n) is 9.41. The first-order chi connectivity index (χ1) is 18.4. The Morgan fingerprint density at radius 3 is 2.31 bits per heavy atom. The number of oxime groups is 1. The third-order valence-electron chi connectivity index (χ3n) is 5.08. The van der Waals surface area contributed by atoms with E-state index in [2.05, 4.69) is 33.2 Å². The second-order valence-corrected chi connectivity index (χ2v) is 9.41. The highest BCUT2D eigenvalue weighted by atomic mass is 19.4. The number of allylic oxidation sites excluding steroid dienone is 10. The van der Waals surface area contributed by atoms with Gasteiger partial charge in [-0.25, -0.2) is 0 Å². The zero-order valence-electron chi connectivity index (χ0n) is 23.2. The maximum Gasteiger partial charge on any atom is 0.573 e. The van der Waals surface area contributed by atoms with E-state index in [1.165, 1.54) is 25.3 Å². The Balaban J connectivity index is 0.000000441. The molecular weight excluding hydrogens is 517 g/mol. The molecule has 2 heterocycles. The number of hydrogen-bond donors (Lipinski definition) is 0. The van der Waals surface area contributed by atoms with Gasteiger partial charge in [0.25, 0.3) is 6.47 Å². The lowest BCUT2D eigenvalue weighted by atomic mass is 9.97. The van der Waals surface area contributed by atoms with Gasteiger partial charge >= 0.3 is 6.36 Å². The average molecular weight is 557 g/mol. The topological polar surface area (TPSA) is 78.8 Å². The smallest absolute Gasteiger partial charge is 0.482 e. The van der Waals surface area contributed by atoms with E-state index in [9.17, 15) is 18.0 Å². The van der Waals surface area contributed by atoms with Gasteiger partial charge in [0.2, 0.25) is 5.90 Å². The van der Waals surface area contributed by atoms with E-state index in [1.54, 1.807) is 30.4 Å². The van der Waals surface area contributed by atoms with Crippen LogP contribution in [-0.4, -0.2) is 69.7 Å². The van der Waals surface area contributed by atoms with Crippen LogP contribution in [-0.2, 0) is 28.6 Å². The van der Waals surface area contributed by atoms with Crippen molar-refractivity contribution in [2.75, 3.05) is 40.5 Å². The van der Waals surface area contributed by atoms with Gasteiger partial charge in [0.05, 0.1) is 20.3 Å². The van der Waals surface area contributed by atoms with Crippen LogP contribution in [0, 0.1) is 5.92 Å². The molecule has 1 fully saturated rings. The van der Waals surface area contributed by atoms with Crippen molar-refractivity contribution >= 4 is 12.4 Å². The van der Waals surface area contributed by atoms with Gasteiger partial charge in [0.1, 0.15) is 17.1 Å². The Kier molecular flexibility index (Phi) is 15.0. The zero-order chi connectivity index (χ0) is 29.3. The molecule has 0 aromatic heterocycles. The van der Waals surface area contributed by atoms with Crippen LogP contribution in [0.2, 0.25) is 0 Å². The molecule has 3 rings (SSSR count). The summed E-state index contributed by atoms with van der Waals surface area (Å²) in [6.45, 7) is 13.7. The van der Waals surface area contributed by atoms with Gasteiger partial charge in [0.15, 0.2) is 0 Å². The number of rotatable bonds is 5. The van der Waals surface area contributed by atoms with Gasteiger partial charge in [-0.1, -0.05) is 37.0 Å². The molecule has 0 amide bonds. The summed E-state index contributed by atoms with van der Waals surface area (Å²) in [6.07, 6.45) is 9.19. The summed E-state index contributed by atoms with van der Waals surface area (Å²) in [4.78, 5) is 17.1. The molecule has 11 heteroatoms. The first-order valence-electron chi connectivity index (χ1n) is 12.4. The van der Waals surface area contributed by atoms with Crippen molar-refractivity contribution in [1.82, 2.24) is 4.90 Å². The number of hydrogen-bond acceptors (Lipinski definition) is 8. The van der Waals surface area contributed by atoms with Gasteiger partial charge in [-0.15, -0.1) is 13.2 Å². The van der Waals surface area contributed by atoms with E-state index in [0.29, 0.717) is 31.0 Å². The van der Waals surface area contributed by atoms with Crippen molar-refractivity contribution in [3.63, 3.8) is 0 Å². The first-order valence-corrected chi connectivity index (χ1v) is 12.4. The normalized spacial score (nSPS) is 21.0. The molecule has 0 saturated carbocycles. The number of nitrogens with zero attached hydrogens (tertiary/aromatic N) is 2. The molecule has 0 N–H and O–H groups in total. The molecule has 0 aromatic carbocycles. The van der Waals surface area contributed by atoms with Crippen LogP contribution in [0.5, 0.6) is 0 Å². The largest absolute Gasteiger partial charge is 0.573 e. The molecule has 1 saturated heterocycles. The van der Waals surface area contributed by atoms with E-state index in [1.807, 2.05) is 20.8 Å². The van der Waals surface area contributed by atoms with E-state index < -0.39 is 6.36 Å². The van der Waals surface area contributed by atoms with E-state index in [4.69, 9.17) is 14.3 Å². The Morgan fingerprint density at radius 2 is 1.87 bits per heavy atom. The molecule has 2 aliphatic heterocycles. The fourth-order valence-corrected chi connectivity index (χ4v) is 3.00. The van der Waals surface area contributed by atoms with Gasteiger partial charge in [-0.05, 0) is 56.8 Å². The molecule has 0 spiro atoms. The van der Waals surface area contributed by atoms with Gasteiger partial charge in [-0.3, -0.25) is 4.79 Å². The number of morpholine rings is 1. The lowest BCUT2D eigenvalue weighted by Crippen LogP contribution is -2.32. The highest BCUT2D eigenvalue weighted by molar-refractivity contribution is 5.76. The van der Waals surface area contributed by atoms with Crippen LogP contribution >= 0.6 is 0 Å². The number of ether oxygens (including phenoxy) is 4. The molecule has 3 aliphatic rings. The highest BCUT2D eigenvalue weighted by Gasteiger charge is 2.31. The average Bonchev–Trinajstić information content (AvgIpc) is 3.10. The van der Waals surface area contributed by atoms with Crippen LogP contribution in [0.3, 0.4) is 0 Å². The molecule has 0 bridgehead atoms. The highest BCUT2D eigenvalue weighted by Crippen LogP contribution is 2.25. The van der Waals surface area contributed by atoms with Crippen molar-refractivity contribution in [3.05, 3.63) is 72.3 Å². The predicted octanol–water partition coefficient (Wildman–Crippen LogP) is 5.82. The maximum absolute atomic E-state index is 12.3. The second kappa shape index (κ2) is 17.3. The molecule has 1 unspecified atom stereocenters. The summed E-state index contributed by atoms with van der Waals surface area (Å²) >= 11 is 0. The SMILES string of the molecule is C=C/C(=C\C=C1/CCC(OC)=NO1)C1C=CC=C(OC(F)(F)F)C=C1.CC(C)(C)OC=O.CN1CCOCC1. The van der Waals surface area contributed by atoms with Crippen LogP contribution in [0.4, 0.5) is 13.2 Å². The third-order valence-corrected chi connectivity index (χ3v) is 5.08. The van der Waals surface area contributed by atoms with Crippen LogP contribution in [0.1, 0.15) is 33.6 Å². The number of likely N-dealkylation sites (N-methyl/N-ethyl adjacent to an activating group) is 1. The van der Waals surface area contributed by atoms with Crippen LogP contribution < -0.4 is 0 Å². The fourth-order valence-electron chi connectivity index (χ4n) is 3.00. The van der Waals surface area contributed by atoms with Crippen LogP contribution in [0.15, 0.2) is 77.4 Å². The Hall–Kier alpha value is -3.31. The number of alkyl halides is 3. The quantitative estimate of drug-likeness (QED) is 0.312. The molecule has 1 aliphatic carbocycles. The molecular formula is C28H39F3N2O6. The molecule has 218 valence electrons. The number of carbonyl (C=O) groups is 1. The van der Waals surface area contributed by atoms with Gasteiger partial charge in [-0.2, -0.15) is 0 Å². The van der Waals surface area contributed by atoms with Crippen molar-refractivity contribution in [1.29, 1.82) is 0 Å². The van der Waals surface area contributed by atoms with Gasteiger partial charge in [0, 0.05) is 31.8 Å². The molecule has 0 radical (unpaired) electrons. The lowest BCUT2D eigenvalue weighted by molar-refractivity contribution is -0.303. The monoisotopic (exact) mass is 556 g/mol. The fraction of sp³-hybridized carbons (Fsp3) is 0.500. The number of halogens is 3. The minimum atomic E-state index is -4.72. The number of methoxy groups -OCH3 is 1. The Bertz CT molecular complexity index is 953. The zero-order valence-corrected chi connectivity index (χ0v) is 23.2. The summed E-state index contributed by atoms with van der Waals surface area (Å²) in [5.41, 5.74) is 0.480. The van der Waals surface area contributed by atoms with E-state index >= 15 is 0 Å². The molecule has 1 atom stereocenters. The van der Waals surface area contributed by atoms with E-state index in [0.717, 1.165) is 31.9 Å². The molecule has 0 aromatic rings. The third kappa shape index (κ3) is 16.3. The van der Waals surface area contributed by atoms with Crippen molar-refractivity contribution < 1.29 is 41.8 Å². The lowest BCUT2D eigenvalue weighted by Gasteiger charge is -2.21. The summed E-state index contributed by atoms with van der Waals surface area (Å²) in [7, 11) is 3.64. The standard InChI is InChI=1S/C18H18F3NO3.C5H11NO.C5H10O2/c1-3-13(7-10-16-11-12-17(23-2)22-25-16)14-5-4-6-15(9-8-14)24-18(19,20)21;1-6-2-4-7-5-3-6;1-5(2,3)7-4-6/h3-10,14H,1,11-12H2,2H3;2-5H2,1H3;4H,1-3H3/b13-7+,16-10+;;. The first kappa shape index (κ1) is 33.7. The van der Waals surface area contributed by atoms with Crippen molar-refractivity contribution in [3.8, 4) is 0 Å². The summed E-state index contributed by atoms with van der Waals surface area (Å²) in [5, 5.41) is 3.82. The Morgan fingerprint density at radius 1 is 1.18 bits per heavy atom. The van der Waals surface area contributed by atoms with Crippen molar-refractivity contribution in [2.45, 2.75) is 45.6 Å². The van der Waals surface area contributed by atoms with Gasteiger partial charge < -0.3 is 28.7 Å². The minimum absolute atomic E-state index is 0.235. The molecule has 39 heavy (non-hydrogen) atoms. The summed E-state index contributed by atoms with van der Waals surface area (Å²) in [6, 6.07) is 0. The number of carbonyl (C=O) groups excluding carboxylic acids is 1. The summed E-state index contributed by atoms with van der Waals surface area (Å²) < 4.78 is 55.4. The minimum Gasteiger partial charge on any atom is -0.482 e. The Labute approximate surface area is 228 Å². The maximum atomic E-state index is 12.3. The van der Waals surface area contributed by atoms with Crippen LogP contribution in [0.25, 0.3) is 0 Å². The summed E-state index contributed by atoms with van der Waals surface area (Å²) in [5.74, 6) is 0.690. The predicted molar refractivity (Wildman–Crippen MR) is 143 cm³/mol. The van der Waals surface area contributed by atoms with E-state index in [-0.39, 0.29) is 17.3 Å². The van der Waals surface area contributed by atoms with Crippen molar-refractivity contribution in [2.24, 2.45) is 11.1 Å². The molecule has 8 nitrogen and oxygen atoms in total.